The highest BCUT2D eigenvalue weighted by atomic mass is 79.9. The molecular weight excluding hydrogens is 1190 g/mol. The topological polar surface area (TPSA) is 107 Å². The molecule has 1 N–H and O–H groups in total. The Morgan fingerprint density at radius 3 is 1.05 bits per heavy atom. The fourth-order valence-electron chi connectivity index (χ4n) is 10.8. The van der Waals surface area contributed by atoms with Gasteiger partial charge in [0.05, 0.1) is 4.70 Å². The number of halogens is 1. The molecule has 4 heterocycles. The van der Waals surface area contributed by atoms with Crippen molar-refractivity contribution in [2.75, 3.05) is 0 Å². The van der Waals surface area contributed by atoms with E-state index in [1.807, 2.05) is 127 Å². The lowest BCUT2D eigenvalue weighted by molar-refractivity contribution is 0.457. The second-order valence-electron chi connectivity index (χ2n) is 20.7. The van der Waals surface area contributed by atoms with E-state index in [1.54, 1.807) is 11.3 Å². The standard InChI is InChI=1S/C38H24N2OS.C24H16BO2S.C14H9BrN2O/c1-4-10-25(11-5-1)30-20-21-35-33(22-30)34-24-31(26-12-6-2-7-13-26)23-32(36(34)42-35)27-16-18-29(19-17-27)38-40-39-37(41-38)28-14-8-3-9-15-28;26-25-27-22-15-19(17-9-5-2-6-10-17)14-21-20-13-18(16-7-3-1-4-8-16)11-12-23(20)28-24(21)22;15-12-8-6-11(7-9-12)14-17-16-13(18-14)10-4-2-1-3-5-10/h1-24H;1-15,26H;1-9H. The van der Waals surface area contributed by atoms with Crippen LogP contribution in [0.25, 0.3) is 142 Å². The van der Waals surface area contributed by atoms with E-state index in [0.29, 0.717) is 29.3 Å². The Morgan fingerprint density at radius 2 is 0.625 bits per heavy atom. The molecule has 16 rings (SSSR count). The Morgan fingerprint density at radius 1 is 0.307 bits per heavy atom. The molecule has 1 radical (unpaired) electrons. The summed E-state index contributed by atoms with van der Waals surface area (Å²) < 4.78 is 23.0. The van der Waals surface area contributed by atoms with Gasteiger partial charge in [-0.3, -0.25) is 0 Å². The van der Waals surface area contributed by atoms with Crippen molar-refractivity contribution in [3.05, 3.63) is 296 Å². The first-order valence-electron chi connectivity index (χ1n) is 28.5. The third-order valence-electron chi connectivity index (χ3n) is 15.1. The minimum absolute atomic E-state index is 0.513. The van der Waals surface area contributed by atoms with Crippen LogP contribution in [0, 0.1) is 0 Å². The van der Waals surface area contributed by atoms with Crippen molar-refractivity contribution in [3.8, 4) is 107 Å². The normalized spacial score (nSPS) is 11.1. The fourth-order valence-corrected chi connectivity index (χ4v) is 13.3. The van der Waals surface area contributed by atoms with E-state index < -0.39 is 0 Å². The van der Waals surface area contributed by atoms with Crippen LogP contribution in [0.4, 0.5) is 0 Å². The predicted octanol–water partition coefficient (Wildman–Crippen LogP) is 21.2. The van der Waals surface area contributed by atoms with Gasteiger partial charge in [-0.15, -0.1) is 43.1 Å². The van der Waals surface area contributed by atoms with Gasteiger partial charge in [0.1, 0.15) is 5.75 Å². The molecule has 0 saturated heterocycles. The molecule has 12 heteroatoms. The second kappa shape index (κ2) is 25.3. The summed E-state index contributed by atoms with van der Waals surface area (Å²) in [4.78, 5) is 0. The molecule has 8 nitrogen and oxygen atoms in total. The number of hydrogen-bond donors (Lipinski definition) is 1. The quantitative estimate of drug-likeness (QED) is 0.128. The largest absolute Gasteiger partial charge is 0.569 e. The smallest absolute Gasteiger partial charge is 0.536 e. The number of nitrogens with zero attached hydrogens (tertiary/aromatic N) is 4. The maximum Gasteiger partial charge on any atom is 0.569 e. The lowest BCUT2D eigenvalue weighted by Crippen LogP contribution is -1.99. The van der Waals surface area contributed by atoms with Crippen LogP contribution < -0.4 is 4.65 Å². The Kier molecular flexibility index (Phi) is 16.0. The zero-order valence-electron chi connectivity index (χ0n) is 46.9. The van der Waals surface area contributed by atoms with E-state index >= 15 is 0 Å². The van der Waals surface area contributed by atoms with Crippen molar-refractivity contribution in [2.24, 2.45) is 0 Å². The molecule has 4 aromatic heterocycles. The van der Waals surface area contributed by atoms with Crippen LogP contribution in [0.2, 0.25) is 0 Å². The summed E-state index contributed by atoms with van der Waals surface area (Å²) in [5, 5.41) is 30.9. The van der Waals surface area contributed by atoms with Crippen LogP contribution in [0.3, 0.4) is 0 Å². The summed E-state index contributed by atoms with van der Waals surface area (Å²) in [6.07, 6.45) is 0. The molecule has 0 aliphatic rings. The predicted molar refractivity (Wildman–Crippen MR) is 366 cm³/mol. The molecule has 88 heavy (non-hydrogen) atoms. The van der Waals surface area contributed by atoms with Crippen LogP contribution >= 0.6 is 38.6 Å². The van der Waals surface area contributed by atoms with Gasteiger partial charge in [0.2, 0.25) is 23.6 Å². The molecule has 419 valence electrons. The van der Waals surface area contributed by atoms with Crippen LogP contribution in [0.1, 0.15) is 0 Å². The summed E-state index contributed by atoms with van der Waals surface area (Å²) in [5.41, 5.74) is 15.4. The Bertz CT molecular complexity index is 5030. The van der Waals surface area contributed by atoms with E-state index in [1.165, 1.54) is 69.2 Å². The number of rotatable bonds is 11. The van der Waals surface area contributed by atoms with Gasteiger partial charge in [-0.25, -0.2) is 0 Å². The third-order valence-corrected chi connectivity index (χ3v) is 18.1. The van der Waals surface area contributed by atoms with Gasteiger partial charge in [-0.1, -0.05) is 198 Å². The first-order chi connectivity index (χ1) is 43.5. The number of thiophene rings is 2. The summed E-state index contributed by atoms with van der Waals surface area (Å²) in [6.45, 7) is 0. The molecule has 0 amide bonds. The monoisotopic (exact) mass is 1240 g/mol. The van der Waals surface area contributed by atoms with Crippen molar-refractivity contribution < 1.29 is 18.5 Å². The molecule has 0 atom stereocenters. The second-order valence-corrected chi connectivity index (χ2v) is 23.7. The number of hydrogen-bond acceptors (Lipinski definition) is 10. The van der Waals surface area contributed by atoms with Crippen molar-refractivity contribution in [2.45, 2.75) is 0 Å². The van der Waals surface area contributed by atoms with Crippen LogP contribution in [-0.2, 0) is 0 Å². The molecule has 0 unspecified atom stereocenters. The average Bonchev–Trinajstić information content (AvgIpc) is 2.13. The van der Waals surface area contributed by atoms with E-state index in [2.05, 4.69) is 212 Å². The molecule has 0 saturated carbocycles. The highest BCUT2D eigenvalue weighted by Gasteiger charge is 2.18. The number of aromatic nitrogens is 4. The minimum Gasteiger partial charge on any atom is -0.536 e. The van der Waals surface area contributed by atoms with Crippen molar-refractivity contribution in [3.63, 3.8) is 0 Å². The minimum atomic E-state index is 0.513. The number of fused-ring (bicyclic) bond motifs is 6. The van der Waals surface area contributed by atoms with Gasteiger partial charge < -0.3 is 18.5 Å². The molecule has 0 bridgehead atoms. The van der Waals surface area contributed by atoms with Gasteiger partial charge in [0, 0.05) is 67.9 Å². The molecule has 0 spiro atoms. The fraction of sp³-hybridized carbons (Fsp3) is 0. The molecule has 0 aliphatic carbocycles. The van der Waals surface area contributed by atoms with Crippen molar-refractivity contribution in [1.82, 2.24) is 20.4 Å². The van der Waals surface area contributed by atoms with Gasteiger partial charge in [-0.05, 0) is 159 Å². The summed E-state index contributed by atoms with van der Waals surface area (Å²) in [7, 11) is 0.753. The lowest BCUT2D eigenvalue weighted by atomic mass is 9.95. The zero-order chi connectivity index (χ0) is 59.2. The SMILES string of the molecule is Brc1ccc(-c2nnc(-c3ccccc3)o2)cc1.O[B]Oc1cc(-c2ccccc2)cc2c1sc1ccc(-c3ccccc3)cc12.c1ccc(-c2ccc3sc4c(-c5ccc(-c6nnc(-c7ccccc7)o6)cc5)cc(-c5ccccc5)cc4c3c2)cc1. The van der Waals surface area contributed by atoms with E-state index in [9.17, 15) is 5.02 Å². The van der Waals surface area contributed by atoms with Crippen LogP contribution in [0.15, 0.2) is 304 Å². The Balaban J connectivity index is 0.000000127. The van der Waals surface area contributed by atoms with Gasteiger partial charge in [0.25, 0.3) is 0 Å². The average molecular weight is 1240 g/mol. The maximum absolute atomic E-state index is 9.27. The first kappa shape index (κ1) is 55.5. The maximum atomic E-state index is 9.27. The molecule has 12 aromatic carbocycles. The number of benzene rings is 12. The van der Waals surface area contributed by atoms with Gasteiger partial charge in [-0.2, -0.15) is 0 Å². The van der Waals surface area contributed by atoms with Crippen molar-refractivity contribution >= 4 is 86.6 Å². The first-order valence-corrected chi connectivity index (χ1v) is 30.9. The molecule has 0 fully saturated rings. The summed E-state index contributed by atoms with van der Waals surface area (Å²) in [6, 6.07) is 99.9. The highest BCUT2D eigenvalue weighted by Crippen LogP contribution is 2.46. The van der Waals surface area contributed by atoms with E-state index in [0.717, 1.165) is 61.2 Å². The molecule has 0 aliphatic heterocycles. The van der Waals surface area contributed by atoms with Gasteiger partial charge >= 0.3 is 7.69 Å². The van der Waals surface area contributed by atoms with Crippen LogP contribution in [0.5, 0.6) is 5.75 Å². The van der Waals surface area contributed by atoms with Crippen molar-refractivity contribution in [1.29, 1.82) is 0 Å². The third kappa shape index (κ3) is 11.9. The van der Waals surface area contributed by atoms with Gasteiger partial charge in [0.15, 0.2) is 0 Å². The van der Waals surface area contributed by atoms with Crippen LogP contribution in [-0.4, -0.2) is 33.1 Å². The highest BCUT2D eigenvalue weighted by molar-refractivity contribution is 9.10. The Hall–Kier alpha value is -10.3. The van der Waals surface area contributed by atoms with E-state index in [-0.39, 0.29) is 0 Å². The molecule has 16 aromatic rings. The lowest BCUT2D eigenvalue weighted by Gasteiger charge is -2.10. The Labute approximate surface area is 524 Å². The summed E-state index contributed by atoms with van der Waals surface area (Å²) in [5.74, 6) is 2.77. The summed E-state index contributed by atoms with van der Waals surface area (Å²) >= 11 is 6.92. The van der Waals surface area contributed by atoms with E-state index in [4.69, 9.17) is 13.5 Å². The molecular formula is C76H49BBrN4O4S2. The zero-order valence-corrected chi connectivity index (χ0v) is 50.2.